The van der Waals surface area contributed by atoms with E-state index in [-0.39, 0.29) is 12.5 Å². The van der Waals surface area contributed by atoms with E-state index in [9.17, 15) is 14.2 Å². The lowest BCUT2D eigenvalue weighted by Gasteiger charge is -2.13. The Kier molecular flexibility index (Phi) is 7.17. The highest BCUT2D eigenvalue weighted by Gasteiger charge is 2.16. The Morgan fingerprint density at radius 1 is 1.36 bits per heavy atom. The Morgan fingerprint density at radius 2 is 2.00 bits per heavy atom. The first-order chi connectivity index (χ1) is 10.4. The van der Waals surface area contributed by atoms with E-state index in [4.69, 9.17) is 10.6 Å². The SMILES string of the molecule is C=NP(=O)(O)OCCCCNC(=O)C1=CC=C(C(N)=O)CC1. The minimum absolute atomic E-state index is 0.0655. The first-order valence-electron chi connectivity index (χ1n) is 6.79. The molecule has 0 saturated heterocycles. The summed E-state index contributed by atoms with van der Waals surface area (Å²) < 4.78 is 18.6. The molecule has 0 aliphatic heterocycles. The Bertz CT molecular complexity index is 556. The molecular weight excluding hydrogens is 309 g/mol. The molecule has 0 heterocycles. The number of primary amides is 1. The van der Waals surface area contributed by atoms with Crippen LogP contribution in [0.25, 0.3) is 0 Å². The summed E-state index contributed by atoms with van der Waals surface area (Å²) in [6.07, 6.45) is 5.20. The largest absolute Gasteiger partial charge is 0.450 e. The van der Waals surface area contributed by atoms with Crippen molar-refractivity contribution >= 4 is 26.3 Å². The van der Waals surface area contributed by atoms with Gasteiger partial charge in [0.25, 0.3) is 0 Å². The number of nitrogens with zero attached hydrogens (tertiary/aromatic N) is 1. The van der Waals surface area contributed by atoms with E-state index in [0.29, 0.717) is 43.4 Å². The average molecular weight is 329 g/mol. The van der Waals surface area contributed by atoms with Gasteiger partial charge >= 0.3 is 7.75 Å². The van der Waals surface area contributed by atoms with Gasteiger partial charge in [-0.25, -0.2) is 4.57 Å². The van der Waals surface area contributed by atoms with Crippen molar-refractivity contribution < 1.29 is 23.6 Å². The minimum atomic E-state index is -3.90. The van der Waals surface area contributed by atoms with Crippen LogP contribution in [0.3, 0.4) is 0 Å². The van der Waals surface area contributed by atoms with Gasteiger partial charge in [-0.05, 0) is 32.4 Å². The first kappa shape index (κ1) is 18.3. The second-order valence-corrected chi connectivity index (χ2v) is 6.20. The molecule has 0 radical (unpaired) electrons. The number of carbonyl (C=O) groups excluding carboxylic acids is 2. The number of unbranched alkanes of at least 4 members (excludes halogenated alkanes) is 1. The lowest BCUT2D eigenvalue weighted by molar-refractivity contribution is -0.118. The van der Waals surface area contributed by atoms with E-state index in [1.807, 2.05) is 0 Å². The normalized spacial score (nSPS) is 17.0. The average Bonchev–Trinajstić information content (AvgIpc) is 2.50. The van der Waals surface area contributed by atoms with Gasteiger partial charge < -0.3 is 15.9 Å². The molecule has 0 saturated carbocycles. The van der Waals surface area contributed by atoms with Crippen LogP contribution < -0.4 is 11.1 Å². The third-order valence-electron chi connectivity index (χ3n) is 3.05. The van der Waals surface area contributed by atoms with E-state index >= 15 is 0 Å². The zero-order valence-electron chi connectivity index (χ0n) is 12.2. The molecule has 0 aromatic carbocycles. The summed E-state index contributed by atoms with van der Waals surface area (Å²) in [7, 11) is -3.90. The second kappa shape index (κ2) is 8.63. The molecule has 8 nitrogen and oxygen atoms in total. The van der Waals surface area contributed by atoms with Gasteiger partial charge in [0.2, 0.25) is 11.8 Å². The fraction of sp³-hybridized carbons (Fsp3) is 0.462. The molecule has 0 bridgehead atoms. The molecule has 1 aliphatic carbocycles. The summed E-state index contributed by atoms with van der Waals surface area (Å²) in [6.45, 7) is 3.44. The lowest BCUT2D eigenvalue weighted by Crippen LogP contribution is -2.27. The summed E-state index contributed by atoms with van der Waals surface area (Å²) in [5, 5.41) is 2.73. The smallest absolute Gasteiger partial charge is 0.366 e. The number of rotatable bonds is 9. The molecular formula is C13H20N3O5P. The van der Waals surface area contributed by atoms with E-state index in [2.05, 4.69) is 21.3 Å². The summed E-state index contributed by atoms with van der Waals surface area (Å²) in [5.74, 6) is -0.660. The van der Waals surface area contributed by atoms with Crippen LogP contribution >= 0.6 is 7.75 Å². The maximum atomic E-state index is 11.8. The predicted molar refractivity (Wildman–Crippen MR) is 82.2 cm³/mol. The topological polar surface area (TPSA) is 131 Å². The van der Waals surface area contributed by atoms with Gasteiger partial charge in [-0.1, -0.05) is 12.2 Å². The quantitative estimate of drug-likeness (QED) is 0.327. The van der Waals surface area contributed by atoms with Crippen LogP contribution in [-0.4, -0.2) is 36.6 Å². The molecule has 22 heavy (non-hydrogen) atoms. The highest BCUT2D eigenvalue weighted by Crippen LogP contribution is 2.42. The highest BCUT2D eigenvalue weighted by molar-refractivity contribution is 7.51. The van der Waals surface area contributed by atoms with Gasteiger partial charge in [0.1, 0.15) is 0 Å². The molecule has 0 aromatic rings. The maximum absolute atomic E-state index is 11.8. The zero-order chi connectivity index (χ0) is 16.6. The van der Waals surface area contributed by atoms with Crippen LogP contribution in [0.4, 0.5) is 0 Å². The van der Waals surface area contributed by atoms with Crippen molar-refractivity contribution in [2.24, 2.45) is 10.5 Å². The van der Waals surface area contributed by atoms with Crippen LogP contribution in [0.2, 0.25) is 0 Å². The van der Waals surface area contributed by atoms with Crippen molar-refractivity contribution in [1.29, 1.82) is 0 Å². The molecule has 0 fully saturated rings. The van der Waals surface area contributed by atoms with E-state index < -0.39 is 13.7 Å². The molecule has 122 valence electrons. The maximum Gasteiger partial charge on any atom is 0.450 e. The Hall–Kier alpha value is -1.76. The summed E-state index contributed by atoms with van der Waals surface area (Å²) >= 11 is 0. The van der Waals surface area contributed by atoms with Crippen LogP contribution in [0.5, 0.6) is 0 Å². The molecule has 1 unspecified atom stereocenters. The summed E-state index contributed by atoms with van der Waals surface area (Å²) in [4.78, 5) is 31.8. The molecule has 4 N–H and O–H groups in total. The number of allylic oxidation sites excluding steroid dienone is 2. The molecule has 1 atom stereocenters. The van der Waals surface area contributed by atoms with Gasteiger partial charge in [0.05, 0.1) is 6.61 Å². The van der Waals surface area contributed by atoms with Crippen molar-refractivity contribution in [3.63, 3.8) is 0 Å². The van der Waals surface area contributed by atoms with E-state index in [1.165, 1.54) is 0 Å². The van der Waals surface area contributed by atoms with Crippen molar-refractivity contribution in [3.05, 3.63) is 23.3 Å². The van der Waals surface area contributed by atoms with E-state index in [1.54, 1.807) is 12.2 Å². The molecule has 9 heteroatoms. The number of nitrogens with one attached hydrogen (secondary N) is 1. The Labute approximate surface area is 128 Å². The fourth-order valence-corrected chi connectivity index (χ4v) is 2.25. The standard InChI is InChI=1S/C13H20N3O5P/c1-15-22(19,20)21-9-3-2-8-16-13(18)11-6-4-10(5-7-11)12(14)17/h4,6H,1-3,5,7-9H2,(H2,14,17)(H,16,18)(H,19,20). The van der Waals surface area contributed by atoms with Gasteiger partial charge in [0.15, 0.2) is 0 Å². The number of carbonyl (C=O) groups is 2. The third-order valence-corrected chi connectivity index (χ3v) is 3.93. The number of hydrogen-bond acceptors (Lipinski definition) is 4. The fourth-order valence-electron chi connectivity index (χ4n) is 1.80. The first-order valence-corrected chi connectivity index (χ1v) is 8.32. The van der Waals surface area contributed by atoms with E-state index in [0.717, 1.165) is 0 Å². The minimum Gasteiger partial charge on any atom is -0.366 e. The summed E-state index contributed by atoms with van der Waals surface area (Å²) in [6, 6.07) is 0. The van der Waals surface area contributed by atoms with Gasteiger partial charge in [-0.15, -0.1) is 0 Å². The van der Waals surface area contributed by atoms with Gasteiger partial charge in [-0.3, -0.25) is 14.1 Å². The van der Waals surface area contributed by atoms with Gasteiger partial charge in [0, 0.05) is 17.7 Å². The monoisotopic (exact) mass is 329 g/mol. The Balaban J connectivity index is 2.23. The molecule has 0 spiro atoms. The number of hydrogen-bond donors (Lipinski definition) is 3. The third kappa shape index (κ3) is 6.34. The van der Waals surface area contributed by atoms with Crippen LogP contribution in [0.1, 0.15) is 25.7 Å². The van der Waals surface area contributed by atoms with Crippen molar-refractivity contribution in [2.45, 2.75) is 25.7 Å². The molecule has 2 amide bonds. The Morgan fingerprint density at radius 3 is 2.55 bits per heavy atom. The molecule has 1 aliphatic rings. The van der Waals surface area contributed by atoms with Crippen LogP contribution in [0, 0.1) is 0 Å². The van der Waals surface area contributed by atoms with Crippen LogP contribution in [0.15, 0.2) is 28.1 Å². The second-order valence-electron chi connectivity index (χ2n) is 4.68. The molecule has 0 aromatic heterocycles. The van der Waals surface area contributed by atoms with Crippen molar-refractivity contribution in [2.75, 3.05) is 13.2 Å². The lowest BCUT2D eigenvalue weighted by atomic mass is 9.97. The van der Waals surface area contributed by atoms with Crippen molar-refractivity contribution in [3.8, 4) is 0 Å². The number of amides is 2. The summed E-state index contributed by atoms with van der Waals surface area (Å²) in [5.41, 5.74) is 6.27. The van der Waals surface area contributed by atoms with Gasteiger partial charge in [-0.2, -0.15) is 4.76 Å². The zero-order valence-corrected chi connectivity index (χ0v) is 13.1. The molecule has 1 rings (SSSR count). The van der Waals surface area contributed by atoms with Crippen LogP contribution in [-0.2, 0) is 18.7 Å². The number of nitrogens with two attached hydrogens (primary N) is 1. The predicted octanol–water partition coefficient (Wildman–Crippen LogP) is 0.832. The van der Waals surface area contributed by atoms with Crippen molar-refractivity contribution in [1.82, 2.24) is 5.32 Å². The highest BCUT2D eigenvalue weighted by atomic mass is 31.2.